The fourth-order valence-corrected chi connectivity index (χ4v) is 2.23. The summed E-state index contributed by atoms with van der Waals surface area (Å²) in [4.78, 5) is 0. The molecule has 2 rings (SSSR count). The van der Waals surface area contributed by atoms with Crippen molar-refractivity contribution in [2.24, 2.45) is 0 Å². The molecule has 1 aromatic heterocycles. The highest BCUT2D eigenvalue weighted by Gasteiger charge is 2.13. The van der Waals surface area contributed by atoms with Crippen LogP contribution >= 0.6 is 0 Å². The standard InChI is InChI=1S/C18H22NO3/c1-5-19-12-10-14(11-13-19)6-7-15-8-9-16(20-2)18(22-4)17(15)21-3/h6-13H,5H2,1-4H3/q+1. The van der Waals surface area contributed by atoms with E-state index in [2.05, 4.69) is 36.0 Å². The first-order valence-corrected chi connectivity index (χ1v) is 7.19. The Bertz CT molecular complexity index is 648. The lowest BCUT2D eigenvalue weighted by atomic mass is 10.1. The zero-order valence-corrected chi connectivity index (χ0v) is 13.5. The van der Waals surface area contributed by atoms with E-state index >= 15 is 0 Å². The largest absolute Gasteiger partial charge is 0.493 e. The van der Waals surface area contributed by atoms with Crippen molar-refractivity contribution in [2.45, 2.75) is 13.5 Å². The maximum atomic E-state index is 5.47. The molecule has 1 heterocycles. The number of aryl methyl sites for hydroxylation is 1. The summed E-state index contributed by atoms with van der Waals surface area (Å²) in [5, 5.41) is 0. The van der Waals surface area contributed by atoms with Crippen LogP contribution in [0.5, 0.6) is 17.2 Å². The highest BCUT2D eigenvalue weighted by Crippen LogP contribution is 2.40. The van der Waals surface area contributed by atoms with Gasteiger partial charge in [0.15, 0.2) is 23.9 Å². The Morgan fingerprint density at radius 3 is 2.09 bits per heavy atom. The minimum atomic E-state index is 0.601. The Hall–Kier alpha value is -2.49. The third kappa shape index (κ3) is 3.39. The van der Waals surface area contributed by atoms with Crippen molar-refractivity contribution in [3.05, 3.63) is 47.8 Å². The summed E-state index contributed by atoms with van der Waals surface area (Å²) in [6.07, 6.45) is 8.17. The van der Waals surface area contributed by atoms with Crippen molar-refractivity contribution in [3.8, 4) is 17.2 Å². The summed E-state index contributed by atoms with van der Waals surface area (Å²) in [6.45, 7) is 3.08. The zero-order valence-electron chi connectivity index (χ0n) is 13.5. The predicted molar refractivity (Wildman–Crippen MR) is 87.3 cm³/mol. The van der Waals surface area contributed by atoms with E-state index in [0.29, 0.717) is 17.2 Å². The van der Waals surface area contributed by atoms with Crippen molar-refractivity contribution in [1.82, 2.24) is 0 Å². The highest BCUT2D eigenvalue weighted by molar-refractivity contribution is 5.75. The minimum absolute atomic E-state index is 0.601. The fraction of sp³-hybridized carbons (Fsp3) is 0.278. The summed E-state index contributed by atoms with van der Waals surface area (Å²) >= 11 is 0. The molecule has 0 atom stereocenters. The second kappa shape index (κ2) is 7.50. The topological polar surface area (TPSA) is 31.6 Å². The highest BCUT2D eigenvalue weighted by atomic mass is 16.5. The molecular weight excluding hydrogens is 278 g/mol. The maximum Gasteiger partial charge on any atom is 0.203 e. The number of hydrogen-bond donors (Lipinski definition) is 0. The quantitative estimate of drug-likeness (QED) is 0.768. The lowest BCUT2D eigenvalue weighted by molar-refractivity contribution is -0.693. The van der Waals surface area contributed by atoms with Gasteiger partial charge in [0.05, 0.1) is 21.3 Å². The molecular formula is C18H22NO3+. The lowest BCUT2D eigenvalue weighted by Crippen LogP contribution is -2.30. The smallest absolute Gasteiger partial charge is 0.203 e. The van der Waals surface area contributed by atoms with Gasteiger partial charge in [-0.05, 0) is 24.6 Å². The average molecular weight is 300 g/mol. The Kier molecular flexibility index (Phi) is 5.42. The van der Waals surface area contributed by atoms with Crippen molar-refractivity contribution in [2.75, 3.05) is 21.3 Å². The molecule has 0 radical (unpaired) electrons. The number of benzene rings is 1. The van der Waals surface area contributed by atoms with E-state index in [9.17, 15) is 0 Å². The second-order valence-electron chi connectivity index (χ2n) is 4.72. The predicted octanol–water partition coefficient (Wildman–Crippen LogP) is 3.19. The summed E-state index contributed by atoms with van der Waals surface area (Å²) < 4.78 is 18.3. The maximum absolute atomic E-state index is 5.47. The molecule has 0 spiro atoms. The van der Waals surface area contributed by atoms with Crippen molar-refractivity contribution in [3.63, 3.8) is 0 Å². The molecule has 0 N–H and O–H groups in total. The molecule has 0 amide bonds. The van der Waals surface area contributed by atoms with Crippen LogP contribution in [0.3, 0.4) is 0 Å². The Morgan fingerprint density at radius 2 is 1.55 bits per heavy atom. The third-order valence-corrected chi connectivity index (χ3v) is 3.47. The van der Waals surface area contributed by atoms with Gasteiger partial charge in [-0.1, -0.05) is 12.2 Å². The summed E-state index contributed by atoms with van der Waals surface area (Å²) in [6, 6.07) is 7.98. The molecule has 0 aliphatic carbocycles. The molecule has 0 saturated heterocycles. The van der Waals surface area contributed by atoms with Gasteiger partial charge < -0.3 is 14.2 Å². The first-order chi connectivity index (χ1) is 10.7. The minimum Gasteiger partial charge on any atom is -0.493 e. The summed E-state index contributed by atoms with van der Waals surface area (Å²) in [5.74, 6) is 1.92. The van der Waals surface area contributed by atoms with Gasteiger partial charge in [-0.3, -0.25) is 0 Å². The number of ether oxygens (including phenoxy) is 3. The second-order valence-corrected chi connectivity index (χ2v) is 4.72. The van der Waals surface area contributed by atoms with Gasteiger partial charge in [-0.25, -0.2) is 4.57 Å². The van der Waals surface area contributed by atoms with Gasteiger partial charge in [-0.2, -0.15) is 0 Å². The molecule has 0 saturated carbocycles. The molecule has 4 nitrogen and oxygen atoms in total. The zero-order chi connectivity index (χ0) is 15.9. The van der Waals surface area contributed by atoms with E-state index in [1.54, 1.807) is 21.3 Å². The molecule has 0 fully saturated rings. The number of nitrogens with zero attached hydrogens (tertiary/aromatic N) is 1. The lowest BCUT2D eigenvalue weighted by Gasteiger charge is -2.13. The number of methoxy groups -OCH3 is 3. The van der Waals surface area contributed by atoms with Crippen molar-refractivity contribution in [1.29, 1.82) is 0 Å². The molecule has 0 unspecified atom stereocenters. The molecule has 22 heavy (non-hydrogen) atoms. The molecule has 0 aliphatic rings. The van der Waals surface area contributed by atoms with Crippen LogP contribution in [-0.4, -0.2) is 21.3 Å². The van der Waals surface area contributed by atoms with E-state index < -0.39 is 0 Å². The SMILES string of the molecule is CC[n+]1ccc(C=Cc2ccc(OC)c(OC)c2OC)cc1. The van der Waals surface area contributed by atoms with Crippen LogP contribution in [0.4, 0.5) is 0 Å². The van der Waals surface area contributed by atoms with Gasteiger partial charge in [0.1, 0.15) is 6.54 Å². The van der Waals surface area contributed by atoms with Crippen LogP contribution < -0.4 is 18.8 Å². The molecule has 0 aliphatic heterocycles. The third-order valence-electron chi connectivity index (χ3n) is 3.47. The first-order valence-electron chi connectivity index (χ1n) is 7.19. The Morgan fingerprint density at radius 1 is 0.864 bits per heavy atom. The summed E-state index contributed by atoms with van der Waals surface area (Å²) in [5.41, 5.74) is 2.06. The Balaban J connectivity index is 2.33. The molecule has 0 bridgehead atoms. The van der Waals surface area contributed by atoms with Gasteiger partial charge >= 0.3 is 0 Å². The fourth-order valence-electron chi connectivity index (χ4n) is 2.23. The van der Waals surface area contributed by atoms with E-state index in [4.69, 9.17) is 14.2 Å². The molecule has 116 valence electrons. The van der Waals surface area contributed by atoms with Crippen molar-refractivity contribution >= 4 is 12.2 Å². The van der Waals surface area contributed by atoms with Crippen molar-refractivity contribution < 1.29 is 18.8 Å². The van der Waals surface area contributed by atoms with Crippen LogP contribution in [0.1, 0.15) is 18.1 Å². The van der Waals surface area contributed by atoms with E-state index in [1.807, 2.05) is 24.3 Å². The van der Waals surface area contributed by atoms with E-state index in [0.717, 1.165) is 17.7 Å². The average Bonchev–Trinajstić information content (AvgIpc) is 2.59. The van der Waals surface area contributed by atoms with Gasteiger partial charge in [-0.15, -0.1) is 0 Å². The van der Waals surface area contributed by atoms with Gasteiger partial charge in [0.25, 0.3) is 0 Å². The summed E-state index contributed by atoms with van der Waals surface area (Å²) in [7, 11) is 4.84. The Labute approximate surface area is 131 Å². The monoisotopic (exact) mass is 300 g/mol. The number of pyridine rings is 1. The van der Waals surface area contributed by atoms with Crippen LogP contribution in [0.2, 0.25) is 0 Å². The first kappa shape index (κ1) is 15.9. The number of rotatable bonds is 6. The van der Waals surface area contributed by atoms with E-state index in [1.165, 1.54) is 0 Å². The number of hydrogen-bond acceptors (Lipinski definition) is 3. The molecule has 2 aromatic rings. The van der Waals surface area contributed by atoms with Crippen LogP contribution in [0.15, 0.2) is 36.7 Å². The van der Waals surface area contributed by atoms with Crippen LogP contribution in [0.25, 0.3) is 12.2 Å². The molecule has 1 aromatic carbocycles. The normalized spacial score (nSPS) is 10.7. The van der Waals surface area contributed by atoms with Crippen LogP contribution in [-0.2, 0) is 6.54 Å². The van der Waals surface area contributed by atoms with Gasteiger partial charge in [0, 0.05) is 17.7 Å². The van der Waals surface area contributed by atoms with E-state index in [-0.39, 0.29) is 0 Å². The molecule has 4 heteroatoms. The van der Waals surface area contributed by atoms with Crippen LogP contribution in [0, 0.1) is 0 Å². The van der Waals surface area contributed by atoms with Gasteiger partial charge in [0.2, 0.25) is 5.75 Å². The number of aromatic nitrogens is 1.